The highest BCUT2D eigenvalue weighted by Gasteiger charge is 2.41. The van der Waals surface area contributed by atoms with Crippen LogP contribution in [0.25, 0.3) is 0 Å². The van der Waals surface area contributed by atoms with E-state index in [0.717, 1.165) is 85.4 Å². The molecule has 4 aromatic rings. The van der Waals surface area contributed by atoms with Crippen molar-refractivity contribution >= 4 is 53.0 Å². The minimum atomic E-state index is -0.689. The number of fused-ring (bicyclic) bond motifs is 2. The van der Waals surface area contributed by atoms with Crippen molar-refractivity contribution in [3.05, 3.63) is 111 Å². The number of hydrogen-bond acceptors (Lipinski definition) is 9. The monoisotopic (exact) mass is 848 g/mol. The number of pyridine rings is 2. The van der Waals surface area contributed by atoms with Crippen LogP contribution in [0, 0.1) is 34.1 Å². The second-order valence-electron chi connectivity index (χ2n) is 16.6. The summed E-state index contributed by atoms with van der Waals surface area (Å²) in [4.78, 5) is 42.2. The summed E-state index contributed by atoms with van der Waals surface area (Å²) in [5, 5.41) is 9.33. The van der Waals surface area contributed by atoms with Gasteiger partial charge in [-0.15, -0.1) is 0 Å². The highest BCUT2D eigenvalue weighted by Crippen LogP contribution is 2.41. The van der Waals surface area contributed by atoms with Gasteiger partial charge in [-0.25, -0.2) is 27.5 Å². The fourth-order valence-electron chi connectivity index (χ4n) is 7.20. The summed E-state index contributed by atoms with van der Waals surface area (Å²) in [7, 11) is 0. The van der Waals surface area contributed by atoms with Crippen LogP contribution in [-0.2, 0) is 17.8 Å². The number of anilines is 3. The summed E-state index contributed by atoms with van der Waals surface area (Å²) in [6.45, 7) is 11.5. The van der Waals surface area contributed by atoms with Crippen LogP contribution in [0.1, 0.15) is 109 Å². The molecule has 0 bridgehead atoms. The van der Waals surface area contributed by atoms with Gasteiger partial charge in [0.1, 0.15) is 45.6 Å². The molecule has 318 valence electrons. The third kappa shape index (κ3) is 11.2. The quantitative estimate of drug-likeness (QED) is 0.0858. The standard InChI is InChI=1S/C20H20F2N4O.C14H16ClN3O.C6H5F2N.C4H8O/c1-20(2)4-3-16(20)25-19(27)18-15-10-23-9-11(15)5-17(26-18)24-14-7-12(21)6-13(22)8-14;1-14(2)4-3-10(14)17-13(19)12-9-7-16-6-8(9)5-11(15)18-12;7-4-1-5(8)3-6(9)2-4;1-2-4-5-3-1/h5-9,16H,3-4,10H2,1-2H3,(H,24,26)(H,25,27);5-6,10H,3-4,7H2,1-2H3,(H,17,19);1-3H,9H2;1-4H2. The molecular formula is C44H49ClF4N8O3. The Balaban J connectivity index is 0.000000157. The molecule has 60 heavy (non-hydrogen) atoms. The summed E-state index contributed by atoms with van der Waals surface area (Å²) in [5.41, 5.74) is 9.69. The summed E-state index contributed by atoms with van der Waals surface area (Å²) >= 11 is 5.96. The molecular weight excluding hydrogens is 800 g/mol. The van der Waals surface area contributed by atoms with E-state index in [2.05, 4.69) is 63.6 Å². The average molecular weight is 849 g/mol. The Labute approximate surface area is 351 Å². The maximum Gasteiger partial charge on any atom is 0.270 e. The van der Waals surface area contributed by atoms with E-state index in [1.807, 2.05) is 0 Å². The van der Waals surface area contributed by atoms with E-state index in [1.165, 1.54) is 25.0 Å². The minimum Gasteiger partial charge on any atom is -0.399 e. The molecule has 2 aromatic heterocycles. The molecule has 2 aliphatic carbocycles. The van der Waals surface area contributed by atoms with Gasteiger partial charge >= 0.3 is 0 Å². The van der Waals surface area contributed by atoms with Crippen molar-refractivity contribution in [3.63, 3.8) is 0 Å². The van der Waals surface area contributed by atoms with Crippen molar-refractivity contribution in [2.75, 3.05) is 24.3 Å². The van der Waals surface area contributed by atoms with Crippen molar-refractivity contribution in [3.8, 4) is 0 Å². The maximum atomic E-state index is 13.4. The molecule has 5 heterocycles. The average Bonchev–Trinajstić information content (AvgIpc) is 3.99. The predicted octanol–water partition coefficient (Wildman–Crippen LogP) is 8.88. The molecule has 16 heteroatoms. The molecule has 2 amide bonds. The van der Waals surface area contributed by atoms with Crippen LogP contribution in [-0.4, -0.2) is 59.5 Å². The maximum absolute atomic E-state index is 13.4. The number of aromatic nitrogens is 2. The van der Waals surface area contributed by atoms with Gasteiger partial charge in [-0.2, -0.15) is 0 Å². The fraction of sp³-hybridized carbons (Fsp3) is 0.409. The van der Waals surface area contributed by atoms with Crippen LogP contribution < -0.4 is 21.7 Å². The van der Waals surface area contributed by atoms with E-state index >= 15 is 0 Å². The number of benzene rings is 2. The van der Waals surface area contributed by atoms with Gasteiger partial charge in [0.05, 0.1) is 13.1 Å². The molecule has 5 aliphatic rings. The molecule has 2 aromatic carbocycles. The Morgan fingerprint density at radius 1 is 0.700 bits per heavy atom. The Kier molecular flexibility index (Phi) is 13.9. The van der Waals surface area contributed by atoms with Crippen molar-refractivity contribution < 1.29 is 31.9 Å². The number of hydrogen-bond donors (Lipinski definition) is 4. The second kappa shape index (κ2) is 18.9. The van der Waals surface area contributed by atoms with E-state index in [4.69, 9.17) is 22.1 Å². The molecule has 0 spiro atoms. The number of nitrogens with one attached hydrogen (secondary N) is 3. The molecule has 2 atom stereocenters. The van der Waals surface area contributed by atoms with Crippen molar-refractivity contribution in [2.24, 2.45) is 20.8 Å². The summed E-state index contributed by atoms with van der Waals surface area (Å²) in [5.74, 6) is -2.72. The zero-order valence-corrected chi connectivity index (χ0v) is 34.7. The molecule has 3 fully saturated rings. The third-order valence-corrected chi connectivity index (χ3v) is 11.4. The van der Waals surface area contributed by atoms with Crippen LogP contribution >= 0.6 is 11.6 Å². The molecule has 3 aliphatic heterocycles. The number of rotatable bonds is 6. The first-order valence-electron chi connectivity index (χ1n) is 19.8. The van der Waals surface area contributed by atoms with Crippen molar-refractivity contribution in [2.45, 2.75) is 91.4 Å². The largest absolute Gasteiger partial charge is 0.399 e. The van der Waals surface area contributed by atoms with Crippen LogP contribution in [0.3, 0.4) is 0 Å². The highest BCUT2D eigenvalue weighted by atomic mass is 35.5. The van der Waals surface area contributed by atoms with Gasteiger partial charge in [0, 0.05) is 83.5 Å². The number of nitrogens with zero attached hydrogens (tertiary/aromatic N) is 4. The van der Waals surface area contributed by atoms with E-state index in [0.29, 0.717) is 35.4 Å². The second-order valence-corrected chi connectivity index (χ2v) is 17.0. The number of carbonyl (C=O) groups excluding carboxylic acids is 2. The Bertz CT molecular complexity index is 2220. The van der Waals surface area contributed by atoms with Gasteiger partial charge in [0.15, 0.2) is 0 Å². The van der Waals surface area contributed by atoms with Gasteiger partial charge in [-0.1, -0.05) is 39.3 Å². The number of halogens is 5. The topological polar surface area (TPSA) is 156 Å². The first-order chi connectivity index (χ1) is 28.5. The lowest BCUT2D eigenvalue weighted by Gasteiger charge is -2.44. The van der Waals surface area contributed by atoms with E-state index in [-0.39, 0.29) is 46.1 Å². The first kappa shape index (κ1) is 44.2. The van der Waals surface area contributed by atoms with Crippen LogP contribution in [0.15, 0.2) is 58.5 Å². The molecule has 11 nitrogen and oxygen atoms in total. The van der Waals surface area contributed by atoms with E-state index in [9.17, 15) is 27.2 Å². The fourth-order valence-corrected chi connectivity index (χ4v) is 7.40. The van der Waals surface area contributed by atoms with Crippen LogP contribution in [0.5, 0.6) is 0 Å². The molecule has 2 saturated carbocycles. The lowest BCUT2D eigenvalue weighted by Crippen LogP contribution is -2.52. The Morgan fingerprint density at radius 3 is 1.58 bits per heavy atom. The zero-order valence-electron chi connectivity index (χ0n) is 34.0. The summed E-state index contributed by atoms with van der Waals surface area (Å²) in [6.07, 6.45) is 10.2. The molecule has 2 unspecified atom stereocenters. The molecule has 1 saturated heterocycles. The number of ether oxygens (including phenoxy) is 1. The Morgan fingerprint density at radius 2 is 1.17 bits per heavy atom. The predicted molar refractivity (Wildman–Crippen MR) is 225 cm³/mol. The van der Waals surface area contributed by atoms with Gasteiger partial charge < -0.3 is 26.4 Å². The number of nitrogen functional groups attached to an aromatic ring is 1. The van der Waals surface area contributed by atoms with Crippen LogP contribution in [0.2, 0.25) is 5.15 Å². The first-order valence-corrected chi connectivity index (χ1v) is 20.2. The van der Waals surface area contributed by atoms with E-state index in [1.54, 1.807) is 24.6 Å². The van der Waals surface area contributed by atoms with Crippen LogP contribution in [0.4, 0.5) is 34.8 Å². The number of carbonyl (C=O) groups is 2. The van der Waals surface area contributed by atoms with Gasteiger partial charge in [-0.05, 0) is 85.8 Å². The summed E-state index contributed by atoms with van der Waals surface area (Å²) < 4.78 is 56.0. The third-order valence-electron chi connectivity index (χ3n) is 11.2. The SMILES string of the molecule is C1CCOC1.CC1(C)CCC1NC(=O)c1nc(Cl)cc2c1CN=C2.CC1(C)CCC1NC(=O)c1nc(Nc2cc(F)cc(F)c2)cc2c1CN=C2.Nc1cc(F)cc(F)c1. The number of aliphatic imine (C=N–C) groups is 2. The lowest BCUT2D eigenvalue weighted by atomic mass is 9.67. The molecule has 0 radical (unpaired) electrons. The highest BCUT2D eigenvalue weighted by molar-refractivity contribution is 6.30. The van der Waals surface area contributed by atoms with Gasteiger partial charge in [0.2, 0.25) is 0 Å². The molecule has 9 rings (SSSR count). The van der Waals surface area contributed by atoms with Gasteiger partial charge in [0.25, 0.3) is 11.8 Å². The number of nitrogens with two attached hydrogens (primary N) is 1. The minimum absolute atomic E-state index is 0.0737. The zero-order chi connectivity index (χ0) is 43.2. The molecule has 5 N–H and O–H groups in total. The van der Waals surface area contributed by atoms with Crippen molar-refractivity contribution in [1.82, 2.24) is 20.6 Å². The van der Waals surface area contributed by atoms with E-state index < -0.39 is 23.3 Å². The smallest absolute Gasteiger partial charge is 0.270 e. The Hall–Kier alpha value is -5.41. The number of amides is 2. The normalized spacial score (nSPS) is 19.4. The van der Waals surface area contributed by atoms with Crippen molar-refractivity contribution in [1.29, 1.82) is 0 Å². The lowest BCUT2D eigenvalue weighted by molar-refractivity contribution is 0.0723. The summed E-state index contributed by atoms with van der Waals surface area (Å²) in [6, 6.07) is 9.83. The van der Waals surface area contributed by atoms with Gasteiger partial charge in [-0.3, -0.25) is 19.6 Å².